The molecule has 4 nitrogen and oxygen atoms in total. The molecule has 5 heteroatoms. The van der Waals surface area contributed by atoms with Gasteiger partial charge in [0.1, 0.15) is 0 Å². The van der Waals surface area contributed by atoms with E-state index in [1.54, 1.807) is 11.3 Å². The molecule has 0 saturated carbocycles. The number of hydrogen-bond donors (Lipinski definition) is 1. The third-order valence-electron chi connectivity index (χ3n) is 4.94. The van der Waals surface area contributed by atoms with Crippen molar-refractivity contribution in [2.24, 2.45) is 5.92 Å². The Kier molecular flexibility index (Phi) is 4.52. The van der Waals surface area contributed by atoms with E-state index in [1.807, 2.05) is 18.2 Å². The number of nitrogens with zero attached hydrogens (tertiary/aromatic N) is 2. The lowest BCUT2D eigenvalue weighted by Gasteiger charge is -2.38. The lowest BCUT2D eigenvalue weighted by molar-refractivity contribution is -0.125. The first-order chi connectivity index (χ1) is 11.8. The molecule has 1 saturated heterocycles. The van der Waals surface area contributed by atoms with Crippen LogP contribution in [0, 0.1) is 5.92 Å². The standard InChI is InChI=1S/C19H23N3OS/c23-18(20-11-10-14-6-2-1-3-7-14)15-12-22(13-15)19-21-16-8-4-5-9-17(16)24-19/h4-6,8-9,15H,1-3,7,10-13H2,(H,20,23). The lowest BCUT2D eigenvalue weighted by Crippen LogP contribution is -2.53. The third kappa shape index (κ3) is 3.31. The van der Waals surface area contributed by atoms with Gasteiger partial charge in [-0.3, -0.25) is 4.79 Å². The number of thiazole rings is 1. The molecule has 0 atom stereocenters. The highest BCUT2D eigenvalue weighted by atomic mass is 32.1. The first kappa shape index (κ1) is 15.6. The summed E-state index contributed by atoms with van der Waals surface area (Å²) < 4.78 is 1.21. The Hall–Kier alpha value is -1.88. The highest BCUT2D eigenvalue weighted by Gasteiger charge is 2.34. The molecule has 2 aromatic rings. The zero-order valence-corrected chi connectivity index (χ0v) is 14.6. The van der Waals surface area contributed by atoms with Crippen LogP contribution in [0.3, 0.4) is 0 Å². The molecule has 0 bridgehead atoms. The second-order valence-corrected chi connectivity index (χ2v) is 7.72. The summed E-state index contributed by atoms with van der Waals surface area (Å²) in [5.74, 6) is 0.307. The van der Waals surface area contributed by atoms with E-state index in [1.165, 1.54) is 36.0 Å². The number of fused-ring (bicyclic) bond motifs is 1. The van der Waals surface area contributed by atoms with Gasteiger partial charge >= 0.3 is 0 Å². The van der Waals surface area contributed by atoms with Gasteiger partial charge < -0.3 is 10.2 Å². The van der Waals surface area contributed by atoms with Gasteiger partial charge in [-0.2, -0.15) is 0 Å². The molecule has 0 spiro atoms. The molecule has 1 amide bonds. The van der Waals surface area contributed by atoms with Gasteiger partial charge in [-0.25, -0.2) is 4.98 Å². The van der Waals surface area contributed by atoms with Crippen molar-refractivity contribution in [2.75, 3.05) is 24.5 Å². The number of aromatic nitrogens is 1. The van der Waals surface area contributed by atoms with Crippen LogP contribution in [0.25, 0.3) is 10.2 Å². The first-order valence-corrected chi connectivity index (χ1v) is 9.67. The van der Waals surface area contributed by atoms with Crippen LogP contribution in [0.15, 0.2) is 35.9 Å². The van der Waals surface area contributed by atoms with Crippen molar-refractivity contribution in [3.05, 3.63) is 35.9 Å². The predicted molar refractivity (Wildman–Crippen MR) is 99.5 cm³/mol. The van der Waals surface area contributed by atoms with Gasteiger partial charge in [0.05, 0.1) is 16.1 Å². The van der Waals surface area contributed by atoms with Crippen LogP contribution in [0.1, 0.15) is 32.1 Å². The van der Waals surface area contributed by atoms with Crippen molar-refractivity contribution in [3.8, 4) is 0 Å². The van der Waals surface area contributed by atoms with Crippen molar-refractivity contribution in [1.82, 2.24) is 10.3 Å². The molecule has 1 aromatic carbocycles. The molecule has 1 fully saturated rings. The molecule has 2 heterocycles. The largest absolute Gasteiger partial charge is 0.355 e. The highest BCUT2D eigenvalue weighted by molar-refractivity contribution is 7.22. The third-order valence-corrected chi connectivity index (χ3v) is 6.03. The quantitative estimate of drug-likeness (QED) is 0.843. The van der Waals surface area contributed by atoms with Crippen LogP contribution in [-0.4, -0.2) is 30.5 Å². The van der Waals surface area contributed by atoms with E-state index in [-0.39, 0.29) is 11.8 Å². The molecule has 1 aliphatic heterocycles. The average molecular weight is 341 g/mol. The second-order valence-electron chi connectivity index (χ2n) is 6.72. The van der Waals surface area contributed by atoms with Crippen molar-refractivity contribution in [2.45, 2.75) is 32.1 Å². The number of nitrogens with one attached hydrogen (secondary N) is 1. The number of carbonyl (C=O) groups is 1. The van der Waals surface area contributed by atoms with Crippen LogP contribution >= 0.6 is 11.3 Å². The highest BCUT2D eigenvalue weighted by Crippen LogP contribution is 2.32. The molecular weight excluding hydrogens is 318 g/mol. The van der Waals surface area contributed by atoms with Gasteiger partial charge in [-0.05, 0) is 44.2 Å². The number of rotatable bonds is 5. The Morgan fingerprint density at radius 3 is 2.96 bits per heavy atom. The summed E-state index contributed by atoms with van der Waals surface area (Å²) in [7, 11) is 0. The number of allylic oxidation sites excluding steroid dienone is 1. The number of benzene rings is 1. The number of carbonyl (C=O) groups excluding carboxylic acids is 1. The zero-order chi connectivity index (χ0) is 16.4. The topological polar surface area (TPSA) is 45.2 Å². The van der Waals surface area contributed by atoms with Crippen LogP contribution in [0.2, 0.25) is 0 Å². The Morgan fingerprint density at radius 1 is 1.29 bits per heavy atom. The molecular formula is C19H23N3OS. The maximum absolute atomic E-state index is 12.2. The molecule has 1 aliphatic carbocycles. The molecule has 24 heavy (non-hydrogen) atoms. The monoisotopic (exact) mass is 341 g/mol. The second kappa shape index (κ2) is 6.93. The van der Waals surface area contributed by atoms with E-state index in [9.17, 15) is 4.79 Å². The van der Waals surface area contributed by atoms with E-state index in [0.29, 0.717) is 0 Å². The maximum atomic E-state index is 12.2. The molecule has 1 N–H and O–H groups in total. The fourth-order valence-corrected chi connectivity index (χ4v) is 4.40. The fourth-order valence-electron chi connectivity index (χ4n) is 3.42. The number of amides is 1. The average Bonchev–Trinajstić information content (AvgIpc) is 2.98. The fraction of sp³-hybridized carbons (Fsp3) is 0.474. The van der Waals surface area contributed by atoms with Crippen molar-refractivity contribution < 1.29 is 4.79 Å². The van der Waals surface area contributed by atoms with E-state index in [0.717, 1.165) is 36.7 Å². The normalized spacial score (nSPS) is 18.3. The zero-order valence-electron chi connectivity index (χ0n) is 13.8. The molecule has 0 unspecified atom stereocenters. The van der Waals surface area contributed by atoms with Crippen molar-refractivity contribution >= 4 is 32.6 Å². The summed E-state index contributed by atoms with van der Waals surface area (Å²) in [5, 5.41) is 4.14. The number of anilines is 1. The Balaban J connectivity index is 1.24. The van der Waals surface area contributed by atoms with Crippen LogP contribution < -0.4 is 10.2 Å². The summed E-state index contributed by atoms with van der Waals surface area (Å²) in [6.45, 7) is 2.35. The van der Waals surface area contributed by atoms with Gasteiger partial charge in [0.2, 0.25) is 5.91 Å². The summed E-state index contributed by atoms with van der Waals surface area (Å²) in [6.07, 6.45) is 8.42. The minimum Gasteiger partial charge on any atom is -0.355 e. The SMILES string of the molecule is O=C(NCCC1=CCCCC1)C1CN(c2nc3ccccc3s2)C1. The van der Waals surface area contributed by atoms with E-state index in [2.05, 4.69) is 27.3 Å². The molecule has 126 valence electrons. The Morgan fingerprint density at radius 2 is 2.17 bits per heavy atom. The van der Waals surface area contributed by atoms with Crippen molar-refractivity contribution in [3.63, 3.8) is 0 Å². The number of hydrogen-bond acceptors (Lipinski definition) is 4. The first-order valence-electron chi connectivity index (χ1n) is 8.86. The van der Waals surface area contributed by atoms with E-state index in [4.69, 9.17) is 0 Å². The molecule has 4 rings (SSSR count). The smallest absolute Gasteiger partial charge is 0.226 e. The summed E-state index contributed by atoms with van der Waals surface area (Å²) in [5.41, 5.74) is 2.57. The minimum absolute atomic E-state index is 0.109. The van der Waals surface area contributed by atoms with Crippen LogP contribution in [-0.2, 0) is 4.79 Å². The summed E-state index contributed by atoms with van der Waals surface area (Å²) >= 11 is 1.71. The van der Waals surface area contributed by atoms with Gasteiger partial charge in [0.25, 0.3) is 0 Å². The van der Waals surface area contributed by atoms with E-state index >= 15 is 0 Å². The maximum Gasteiger partial charge on any atom is 0.226 e. The van der Waals surface area contributed by atoms with Gasteiger partial charge in [0, 0.05) is 19.6 Å². The minimum atomic E-state index is 0.109. The molecule has 1 aromatic heterocycles. The summed E-state index contributed by atoms with van der Waals surface area (Å²) in [4.78, 5) is 19.1. The van der Waals surface area contributed by atoms with E-state index < -0.39 is 0 Å². The Bertz CT molecular complexity index is 728. The van der Waals surface area contributed by atoms with Gasteiger partial charge in [-0.15, -0.1) is 0 Å². The van der Waals surface area contributed by atoms with Crippen LogP contribution in [0.5, 0.6) is 0 Å². The predicted octanol–water partition coefficient (Wildman–Crippen LogP) is 3.74. The molecule has 0 radical (unpaired) electrons. The van der Waals surface area contributed by atoms with Crippen LogP contribution in [0.4, 0.5) is 5.13 Å². The molecule has 2 aliphatic rings. The van der Waals surface area contributed by atoms with Gasteiger partial charge in [0.15, 0.2) is 5.13 Å². The summed E-state index contributed by atoms with van der Waals surface area (Å²) in [6, 6.07) is 8.19. The van der Waals surface area contributed by atoms with Crippen molar-refractivity contribution in [1.29, 1.82) is 0 Å². The Labute approximate surface area is 146 Å². The lowest BCUT2D eigenvalue weighted by atomic mass is 9.97. The number of para-hydroxylation sites is 1. The van der Waals surface area contributed by atoms with Gasteiger partial charge in [-0.1, -0.05) is 35.1 Å².